The van der Waals surface area contributed by atoms with Crippen LogP contribution in [0.15, 0.2) is 0 Å². The van der Waals surface area contributed by atoms with Crippen LogP contribution in [-0.2, 0) is 9.53 Å². The van der Waals surface area contributed by atoms with Gasteiger partial charge in [-0.3, -0.25) is 4.79 Å². The van der Waals surface area contributed by atoms with Gasteiger partial charge in [0.05, 0.1) is 18.6 Å². The largest absolute Gasteiger partial charge is 0.466 e. The normalized spacial score (nSPS) is 20.8. The van der Waals surface area contributed by atoms with E-state index in [0.29, 0.717) is 13.0 Å². The van der Waals surface area contributed by atoms with Crippen molar-refractivity contribution in [2.75, 3.05) is 26.2 Å². The van der Waals surface area contributed by atoms with Gasteiger partial charge in [-0.05, 0) is 45.7 Å². The Morgan fingerprint density at radius 3 is 3.06 bits per heavy atom. The van der Waals surface area contributed by atoms with E-state index in [4.69, 9.17) is 10.00 Å². The Morgan fingerprint density at radius 1 is 1.53 bits per heavy atom. The fourth-order valence-electron chi connectivity index (χ4n) is 2.25. The van der Waals surface area contributed by atoms with Gasteiger partial charge in [-0.15, -0.1) is 0 Å². The maximum atomic E-state index is 11.6. The predicted molar refractivity (Wildman–Crippen MR) is 65.3 cm³/mol. The monoisotopic (exact) mass is 238 g/mol. The zero-order valence-corrected chi connectivity index (χ0v) is 10.7. The number of nitrogens with zero attached hydrogens (tertiary/aromatic N) is 2. The Kier molecular flexibility index (Phi) is 6.64. The first-order valence-corrected chi connectivity index (χ1v) is 6.54. The molecule has 4 nitrogen and oxygen atoms in total. The summed E-state index contributed by atoms with van der Waals surface area (Å²) in [5.41, 5.74) is 0. The van der Waals surface area contributed by atoms with Gasteiger partial charge in [-0.1, -0.05) is 0 Å². The molecule has 1 aliphatic heterocycles. The maximum absolute atomic E-state index is 11.6. The quantitative estimate of drug-likeness (QED) is 0.524. The van der Waals surface area contributed by atoms with Crippen molar-refractivity contribution in [1.82, 2.24) is 4.90 Å². The van der Waals surface area contributed by atoms with Gasteiger partial charge in [0.15, 0.2) is 0 Å². The molecule has 0 radical (unpaired) electrons. The number of carbonyl (C=O) groups excluding carboxylic acids is 1. The van der Waals surface area contributed by atoms with Gasteiger partial charge in [-0.2, -0.15) is 5.26 Å². The molecule has 96 valence electrons. The lowest BCUT2D eigenvalue weighted by atomic mass is 9.98. The van der Waals surface area contributed by atoms with Crippen LogP contribution < -0.4 is 0 Å². The van der Waals surface area contributed by atoms with Crippen molar-refractivity contribution in [2.24, 2.45) is 5.92 Å². The molecule has 0 aromatic heterocycles. The zero-order valence-electron chi connectivity index (χ0n) is 10.7. The molecule has 1 atom stereocenters. The molecule has 0 aromatic rings. The third-order valence-electron chi connectivity index (χ3n) is 3.14. The fourth-order valence-corrected chi connectivity index (χ4v) is 2.25. The molecule has 0 N–H and O–H groups in total. The van der Waals surface area contributed by atoms with Gasteiger partial charge in [0.2, 0.25) is 0 Å². The Balaban J connectivity index is 2.24. The van der Waals surface area contributed by atoms with Crippen LogP contribution >= 0.6 is 0 Å². The molecular formula is C13H22N2O2. The predicted octanol–water partition coefficient (Wildman–Crippen LogP) is 1.96. The van der Waals surface area contributed by atoms with E-state index in [9.17, 15) is 4.79 Å². The molecule has 1 rings (SSSR count). The second kappa shape index (κ2) is 8.08. The van der Waals surface area contributed by atoms with Crippen molar-refractivity contribution in [3.63, 3.8) is 0 Å². The molecule has 1 saturated heterocycles. The SMILES string of the molecule is CCOC(=O)C1CCCN(CCCCC#N)C1. The number of carbonyl (C=O) groups is 1. The highest BCUT2D eigenvalue weighted by Gasteiger charge is 2.26. The molecule has 1 fully saturated rings. The van der Waals surface area contributed by atoms with E-state index in [2.05, 4.69) is 11.0 Å². The van der Waals surface area contributed by atoms with E-state index >= 15 is 0 Å². The first-order valence-electron chi connectivity index (χ1n) is 6.54. The average molecular weight is 238 g/mol. The summed E-state index contributed by atoms with van der Waals surface area (Å²) < 4.78 is 5.06. The molecule has 1 aliphatic rings. The highest BCUT2D eigenvalue weighted by molar-refractivity contribution is 5.72. The molecular weight excluding hydrogens is 216 g/mol. The molecule has 0 spiro atoms. The summed E-state index contributed by atoms with van der Waals surface area (Å²) in [6, 6.07) is 2.16. The van der Waals surface area contributed by atoms with Gasteiger partial charge in [0.1, 0.15) is 0 Å². The molecule has 0 amide bonds. The first-order chi connectivity index (χ1) is 8.27. The number of unbranched alkanes of at least 4 members (excludes halogenated alkanes) is 2. The zero-order chi connectivity index (χ0) is 12.5. The van der Waals surface area contributed by atoms with Crippen molar-refractivity contribution in [3.05, 3.63) is 0 Å². The summed E-state index contributed by atoms with van der Waals surface area (Å²) in [5.74, 6) is 0.00823. The van der Waals surface area contributed by atoms with Crippen molar-refractivity contribution >= 4 is 5.97 Å². The number of nitriles is 1. The Hall–Kier alpha value is -1.08. The lowest BCUT2D eigenvalue weighted by Gasteiger charge is -2.31. The molecule has 0 aliphatic carbocycles. The van der Waals surface area contributed by atoms with E-state index in [-0.39, 0.29) is 11.9 Å². The minimum atomic E-state index is -0.0470. The third-order valence-corrected chi connectivity index (χ3v) is 3.14. The minimum absolute atomic E-state index is 0.0470. The van der Waals surface area contributed by atoms with Crippen LogP contribution in [0.3, 0.4) is 0 Å². The summed E-state index contributed by atoms with van der Waals surface area (Å²) in [4.78, 5) is 13.9. The van der Waals surface area contributed by atoms with E-state index in [1.54, 1.807) is 0 Å². The van der Waals surface area contributed by atoms with Crippen LogP contribution in [0, 0.1) is 17.2 Å². The summed E-state index contributed by atoms with van der Waals surface area (Å²) in [5, 5.41) is 8.45. The van der Waals surface area contributed by atoms with Gasteiger partial charge < -0.3 is 9.64 Å². The van der Waals surface area contributed by atoms with Crippen molar-refractivity contribution in [3.8, 4) is 6.07 Å². The van der Waals surface area contributed by atoms with E-state index in [0.717, 1.165) is 45.3 Å². The van der Waals surface area contributed by atoms with Crippen molar-refractivity contribution < 1.29 is 9.53 Å². The Morgan fingerprint density at radius 2 is 2.35 bits per heavy atom. The van der Waals surface area contributed by atoms with E-state index in [1.165, 1.54) is 0 Å². The van der Waals surface area contributed by atoms with Crippen molar-refractivity contribution in [1.29, 1.82) is 5.26 Å². The number of rotatable bonds is 6. The van der Waals surface area contributed by atoms with E-state index in [1.807, 2.05) is 6.92 Å². The van der Waals surface area contributed by atoms with Crippen LogP contribution in [-0.4, -0.2) is 37.1 Å². The van der Waals surface area contributed by atoms with Crippen LogP contribution in [0.4, 0.5) is 0 Å². The van der Waals surface area contributed by atoms with Crippen LogP contribution in [0.2, 0.25) is 0 Å². The molecule has 0 bridgehead atoms. The van der Waals surface area contributed by atoms with Crippen LogP contribution in [0.1, 0.15) is 39.0 Å². The molecule has 0 saturated carbocycles. The van der Waals surface area contributed by atoms with Crippen molar-refractivity contribution in [2.45, 2.75) is 39.0 Å². The summed E-state index contributed by atoms with van der Waals surface area (Å²) in [7, 11) is 0. The summed E-state index contributed by atoms with van der Waals surface area (Å²) in [6.45, 7) is 5.21. The summed E-state index contributed by atoms with van der Waals surface area (Å²) in [6.07, 6.45) is 4.66. The second-order valence-electron chi connectivity index (χ2n) is 4.51. The molecule has 17 heavy (non-hydrogen) atoms. The Labute approximate surface area is 104 Å². The average Bonchev–Trinajstić information content (AvgIpc) is 2.35. The standard InChI is InChI=1S/C13H22N2O2/c1-2-17-13(16)12-7-6-10-15(11-12)9-5-3-4-8-14/h12H,2-7,9-11H2,1H3. The fraction of sp³-hybridized carbons (Fsp3) is 0.846. The van der Waals surface area contributed by atoms with Gasteiger partial charge in [0, 0.05) is 13.0 Å². The lowest BCUT2D eigenvalue weighted by Crippen LogP contribution is -2.39. The number of ether oxygens (including phenoxy) is 1. The number of hydrogen-bond donors (Lipinski definition) is 0. The smallest absolute Gasteiger partial charge is 0.310 e. The Bertz CT molecular complexity index is 273. The van der Waals surface area contributed by atoms with Crippen LogP contribution in [0.5, 0.6) is 0 Å². The van der Waals surface area contributed by atoms with E-state index < -0.39 is 0 Å². The second-order valence-corrected chi connectivity index (χ2v) is 4.51. The highest BCUT2D eigenvalue weighted by atomic mass is 16.5. The lowest BCUT2D eigenvalue weighted by molar-refractivity contribution is -0.149. The van der Waals surface area contributed by atoms with Crippen LogP contribution in [0.25, 0.3) is 0 Å². The van der Waals surface area contributed by atoms with Gasteiger partial charge >= 0.3 is 5.97 Å². The topological polar surface area (TPSA) is 53.3 Å². The summed E-state index contributed by atoms with van der Waals surface area (Å²) >= 11 is 0. The third kappa shape index (κ3) is 5.18. The number of piperidine rings is 1. The minimum Gasteiger partial charge on any atom is -0.466 e. The highest BCUT2D eigenvalue weighted by Crippen LogP contribution is 2.18. The molecule has 1 heterocycles. The molecule has 4 heteroatoms. The van der Waals surface area contributed by atoms with Gasteiger partial charge in [-0.25, -0.2) is 0 Å². The number of likely N-dealkylation sites (tertiary alicyclic amines) is 1. The number of esters is 1. The molecule has 0 aromatic carbocycles. The maximum Gasteiger partial charge on any atom is 0.310 e. The number of hydrogen-bond acceptors (Lipinski definition) is 4. The van der Waals surface area contributed by atoms with Gasteiger partial charge in [0.25, 0.3) is 0 Å². The first kappa shape index (κ1) is 14.0. The molecule has 1 unspecified atom stereocenters.